The van der Waals surface area contributed by atoms with Crippen LogP contribution in [0.2, 0.25) is 0 Å². The molecule has 0 radical (unpaired) electrons. The van der Waals surface area contributed by atoms with Crippen LogP contribution in [-0.2, 0) is 0 Å². The van der Waals surface area contributed by atoms with Crippen LogP contribution in [0.3, 0.4) is 0 Å². The molecular formula is C12H14N2O. The zero-order valence-corrected chi connectivity index (χ0v) is 9.08. The Kier molecular flexibility index (Phi) is 3.99. The lowest BCUT2D eigenvalue weighted by Gasteiger charge is -2.03. The topological polar surface area (TPSA) is 42.9 Å². The summed E-state index contributed by atoms with van der Waals surface area (Å²) in [5.74, 6) is 2.62. The van der Waals surface area contributed by atoms with E-state index in [2.05, 4.69) is 16.1 Å². The third-order valence-electron chi connectivity index (χ3n) is 2.13. The Balaban J connectivity index is 2.73. The molecule has 0 bridgehead atoms. The summed E-state index contributed by atoms with van der Waals surface area (Å²) < 4.78 is 0. The molecule has 15 heavy (non-hydrogen) atoms. The molecule has 1 aromatic heterocycles. The molecule has 0 fully saturated rings. The van der Waals surface area contributed by atoms with Gasteiger partial charge in [0.25, 0.3) is 0 Å². The van der Waals surface area contributed by atoms with Crippen LogP contribution in [0.15, 0.2) is 6.07 Å². The maximum Gasteiger partial charge on any atom is 0.164 e. The van der Waals surface area contributed by atoms with Crippen molar-refractivity contribution in [3.8, 4) is 12.3 Å². The van der Waals surface area contributed by atoms with Crippen LogP contribution in [0.4, 0.5) is 0 Å². The molecule has 3 heteroatoms. The van der Waals surface area contributed by atoms with E-state index in [1.807, 2.05) is 6.92 Å². The lowest BCUT2D eigenvalue weighted by molar-refractivity contribution is 0.0979. The van der Waals surface area contributed by atoms with Crippen molar-refractivity contribution in [3.63, 3.8) is 0 Å². The smallest absolute Gasteiger partial charge is 0.164 e. The van der Waals surface area contributed by atoms with Crippen molar-refractivity contribution < 1.29 is 4.79 Å². The molecule has 0 amide bonds. The van der Waals surface area contributed by atoms with Gasteiger partial charge in [-0.25, -0.2) is 0 Å². The number of terminal acetylenes is 1. The molecule has 0 aliphatic carbocycles. The Morgan fingerprint density at radius 3 is 2.87 bits per heavy atom. The molecule has 0 saturated carbocycles. The van der Waals surface area contributed by atoms with Gasteiger partial charge >= 0.3 is 0 Å². The number of aromatic nitrogens is 2. The Labute approximate surface area is 89.9 Å². The highest BCUT2D eigenvalue weighted by atomic mass is 16.1. The summed E-state index contributed by atoms with van der Waals surface area (Å²) in [4.78, 5) is 11.8. The molecule has 0 aliphatic heterocycles. The van der Waals surface area contributed by atoms with E-state index in [9.17, 15) is 4.79 Å². The van der Waals surface area contributed by atoms with Crippen LogP contribution in [0.1, 0.15) is 41.0 Å². The Bertz CT molecular complexity index is 405. The SMILES string of the molecule is C#CCCCC(=O)c1cc(C)nnc1C. The number of carbonyl (C=O) groups is 1. The van der Waals surface area contributed by atoms with E-state index in [-0.39, 0.29) is 5.78 Å². The molecule has 0 saturated heterocycles. The molecule has 1 rings (SSSR count). The molecule has 3 nitrogen and oxygen atoms in total. The minimum absolute atomic E-state index is 0.0979. The second-order valence-electron chi connectivity index (χ2n) is 3.47. The van der Waals surface area contributed by atoms with Gasteiger partial charge in [0, 0.05) is 18.4 Å². The first-order valence-electron chi connectivity index (χ1n) is 4.92. The van der Waals surface area contributed by atoms with Crippen LogP contribution < -0.4 is 0 Å². The van der Waals surface area contributed by atoms with Crippen molar-refractivity contribution in [2.75, 3.05) is 0 Å². The van der Waals surface area contributed by atoms with Crippen molar-refractivity contribution in [2.24, 2.45) is 0 Å². The summed E-state index contributed by atoms with van der Waals surface area (Å²) in [6.45, 7) is 3.62. The first-order chi connectivity index (χ1) is 7.15. The van der Waals surface area contributed by atoms with Crippen LogP contribution in [0.5, 0.6) is 0 Å². The average Bonchev–Trinajstić information content (AvgIpc) is 2.22. The molecule has 0 spiro atoms. The minimum Gasteiger partial charge on any atom is -0.294 e. The van der Waals surface area contributed by atoms with Gasteiger partial charge in [-0.3, -0.25) is 4.79 Å². The molecule has 0 N–H and O–H groups in total. The number of unbranched alkanes of at least 4 members (excludes halogenated alkanes) is 1. The minimum atomic E-state index is 0.0979. The average molecular weight is 202 g/mol. The Morgan fingerprint density at radius 2 is 2.20 bits per heavy atom. The van der Waals surface area contributed by atoms with E-state index in [1.54, 1.807) is 13.0 Å². The van der Waals surface area contributed by atoms with Crippen molar-refractivity contribution in [3.05, 3.63) is 23.0 Å². The van der Waals surface area contributed by atoms with E-state index in [4.69, 9.17) is 6.42 Å². The van der Waals surface area contributed by atoms with Gasteiger partial charge in [0.1, 0.15) is 0 Å². The second-order valence-corrected chi connectivity index (χ2v) is 3.47. The van der Waals surface area contributed by atoms with Gasteiger partial charge in [-0.15, -0.1) is 12.3 Å². The summed E-state index contributed by atoms with van der Waals surface area (Å²) in [5.41, 5.74) is 2.12. The van der Waals surface area contributed by atoms with E-state index in [0.717, 1.165) is 12.1 Å². The van der Waals surface area contributed by atoms with Gasteiger partial charge in [0.2, 0.25) is 0 Å². The second kappa shape index (κ2) is 5.26. The maximum absolute atomic E-state index is 11.8. The van der Waals surface area contributed by atoms with Crippen molar-refractivity contribution >= 4 is 5.78 Å². The van der Waals surface area contributed by atoms with Crippen LogP contribution in [-0.4, -0.2) is 16.0 Å². The van der Waals surface area contributed by atoms with Crippen LogP contribution >= 0.6 is 0 Å². The summed E-state index contributed by atoms with van der Waals surface area (Å²) in [5, 5.41) is 7.80. The number of rotatable bonds is 4. The number of Topliss-reactive ketones (excluding diaryl/α,β-unsaturated/α-hetero) is 1. The fourth-order valence-corrected chi connectivity index (χ4v) is 1.32. The van der Waals surface area contributed by atoms with Crippen LogP contribution in [0.25, 0.3) is 0 Å². The normalized spacial score (nSPS) is 9.67. The molecular weight excluding hydrogens is 188 g/mol. The van der Waals surface area contributed by atoms with Gasteiger partial charge in [-0.05, 0) is 26.3 Å². The van der Waals surface area contributed by atoms with Gasteiger partial charge in [-0.1, -0.05) is 0 Å². The van der Waals surface area contributed by atoms with Gasteiger partial charge in [0.15, 0.2) is 5.78 Å². The van der Waals surface area contributed by atoms with Crippen molar-refractivity contribution in [1.29, 1.82) is 0 Å². The first-order valence-corrected chi connectivity index (χ1v) is 4.92. The molecule has 0 atom stereocenters. The summed E-state index contributed by atoms with van der Waals surface area (Å²) in [7, 11) is 0. The number of ketones is 1. The Hall–Kier alpha value is -1.69. The predicted molar refractivity (Wildman–Crippen MR) is 58.5 cm³/mol. The highest BCUT2D eigenvalue weighted by molar-refractivity contribution is 5.97. The van der Waals surface area contributed by atoms with Crippen LogP contribution in [0, 0.1) is 26.2 Å². The quantitative estimate of drug-likeness (QED) is 0.426. The largest absolute Gasteiger partial charge is 0.294 e. The third kappa shape index (κ3) is 3.17. The summed E-state index contributed by atoms with van der Waals surface area (Å²) in [6, 6.07) is 1.78. The predicted octanol–water partition coefficient (Wildman–Crippen LogP) is 2.08. The van der Waals surface area contributed by atoms with Gasteiger partial charge in [-0.2, -0.15) is 10.2 Å². The highest BCUT2D eigenvalue weighted by Gasteiger charge is 2.10. The van der Waals surface area contributed by atoms with E-state index in [1.165, 1.54) is 0 Å². The van der Waals surface area contributed by atoms with Crippen molar-refractivity contribution in [2.45, 2.75) is 33.1 Å². The summed E-state index contributed by atoms with van der Waals surface area (Å²) >= 11 is 0. The highest BCUT2D eigenvalue weighted by Crippen LogP contribution is 2.10. The monoisotopic (exact) mass is 202 g/mol. The zero-order valence-electron chi connectivity index (χ0n) is 9.08. The Morgan fingerprint density at radius 1 is 1.47 bits per heavy atom. The fourth-order valence-electron chi connectivity index (χ4n) is 1.32. The first kappa shape index (κ1) is 11.4. The number of carbonyl (C=O) groups excluding carboxylic acids is 1. The maximum atomic E-state index is 11.8. The third-order valence-corrected chi connectivity index (χ3v) is 2.13. The van der Waals surface area contributed by atoms with E-state index >= 15 is 0 Å². The molecule has 0 aliphatic rings. The fraction of sp³-hybridized carbons (Fsp3) is 0.417. The zero-order chi connectivity index (χ0) is 11.3. The molecule has 0 unspecified atom stereocenters. The molecule has 1 aromatic rings. The number of hydrogen-bond donors (Lipinski definition) is 0. The lowest BCUT2D eigenvalue weighted by atomic mass is 10.0. The van der Waals surface area contributed by atoms with Crippen molar-refractivity contribution in [1.82, 2.24) is 10.2 Å². The summed E-state index contributed by atoms with van der Waals surface area (Å²) in [6.07, 6.45) is 6.98. The van der Waals surface area contributed by atoms with Gasteiger partial charge in [0.05, 0.1) is 11.4 Å². The molecule has 78 valence electrons. The molecule has 0 aromatic carbocycles. The number of hydrogen-bond acceptors (Lipinski definition) is 3. The lowest BCUT2D eigenvalue weighted by Crippen LogP contribution is -2.05. The number of aryl methyl sites for hydroxylation is 2. The molecule has 1 heterocycles. The van der Waals surface area contributed by atoms with Gasteiger partial charge < -0.3 is 0 Å². The van der Waals surface area contributed by atoms with E-state index < -0.39 is 0 Å². The standard InChI is InChI=1S/C12H14N2O/c1-4-5-6-7-12(15)11-8-9(2)13-14-10(11)3/h1,8H,5-7H2,2-3H3. The van der Waals surface area contributed by atoms with E-state index in [0.29, 0.717) is 24.1 Å². The number of nitrogens with zero attached hydrogens (tertiary/aromatic N) is 2.